The van der Waals surface area contributed by atoms with Gasteiger partial charge in [-0.25, -0.2) is 9.79 Å². The Morgan fingerprint density at radius 2 is 1.81 bits per heavy atom. The Kier molecular flexibility index (Phi) is 8.83. The molecular weight excluding hydrogens is 620 g/mol. The quantitative estimate of drug-likeness (QED) is 0.156. The van der Waals surface area contributed by atoms with Gasteiger partial charge in [0.1, 0.15) is 30.2 Å². The van der Waals surface area contributed by atoms with Gasteiger partial charge in [0.2, 0.25) is 0 Å². The van der Waals surface area contributed by atoms with E-state index in [1.807, 2.05) is 43.3 Å². The summed E-state index contributed by atoms with van der Waals surface area (Å²) in [6.45, 7) is 4.66. The summed E-state index contributed by atoms with van der Waals surface area (Å²) in [5.74, 6) is 0.653. The van der Waals surface area contributed by atoms with Gasteiger partial charge in [0.25, 0.3) is 0 Å². The van der Waals surface area contributed by atoms with Gasteiger partial charge in [0.15, 0.2) is 12.1 Å². The number of aliphatic hydroxyl groups excluding tert-OH is 5. The zero-order valence-corrected chi connectivity index (χ0v) is 27.1. The van der Waals surface area contributed by atoms with Gasteiger partial charge in [-0.3, -0.25) is 4.99 Å². The topological polar surface area (TPSA) is 183 Å². The summed E-state index contributed by atoms with van der Waals surface area (Å²) in [5.41, 5.74) is 0.830. The molecular formula is C36H44N2O10. The minimum atomic E-state index is -1.55. The number of carbonyl (C=O) groups is 1. The first-order valence-electron chi connectivity index (χ1n) is 16.7. The first-order valence-corrected chi connectivity index (χ1v) is 16.7. The third-order valence-electron chi connectivity index (χ3n) is 11.6. The molecule has 48 heavy (non-hydrogen) atoms. The number of cyclic esters (lactones) is 1. The molecule has 8 unspecified atom stereocenters. The van der Waals surface area contributed by atoms with Crippen LogP contribution in [0.4, 0.5) is 0 Å². The van der Waals surface area contributed by atoms with Gasteiger partial charge in [0, 0.05) is 23.1 Å². The van der Waals surface area contributed by atoms with E-state index in [0.29, 0.717) is 43.2 Å². The van der Waals surface area contributed by atoms with Crippen LogP contribution in [0, 0.1) is 22.7 Å². The molecule has 258 valence electrons. The second kappa shape index (κ2) is 12.7. The maximum absolute atomic E-state index is 12.9. The van der Waals surface area contributed by atoms with Crippen LogP contribution >= 0.6 is 0 Å². The fourth-order valence-electron chi connectivity index (χ4n) is 8.84. The number of hydrogen-bond acceptors (Lipinski definition) is 12. The monoisotopic (exact) mass is 664 g/mol. The molecule has 7 rings (SSSR count). The number of aliphatic imine (C=N–C) groups is 2. The van der Waals surface area contributed by atoms with Crippen molar-refractivity contribution in [3.05, 3.63) is 65.0 Å². The van der Waals surface area contributed by atoms with Crippen molar-refractivity contribution in [1.29, 1.82) is 0 Å². The van der Waals surface area contributed by atoms with Gasteiger partial charge >= 0.3 is 5.97 Å². The maximum Gasteiger partial charge on any atom is 0.343 e. The van der Waals surface area contributed by atoms with Crippen molar-refractivity contribution in [3.63, 3.8) is 0 Å². The summed E-state index contributed by atoms with van der Waals surface area (Å²) in [6.07, 6.45) is 4.55. The molecule has 1 spiro atoms. The molecule has 4 fully saturated rings. The van der Waals surface area contributed by atoms with E-state index in [1.54, 1.807) is 12.3 Å². The predicted molar refractivity (Wildman–Crippen MR) is 174 cm³/mol. The summed E-state index contributed by atoms with van der Waals surface area (Å²) in [5, 5.41) is 51.8. The number of fused-ring (bicyclic) bond motifs is 1. The summed E-state index contributed by atoms with van der Waals surface area (Å²) >= 11 is 0. The predicted octanol–water partition coefficient (Wildman–Crippen LogP) is 1.68. The summed E-state index contributed by atoms with van der Waals surface area (Å²) in [4.78, 5) is 21.6. The van der Waals surface area contributed by atoms with Crippen LogP contribution in [0.25, 0.3) is 6.08 Å². The number of ether oxygens (including phenoxy) is 4. The molecule has 2 saturated heterocycles. The molecule has 4 heterocycles. The number of epoxide rings is 1. The lowest BCUT2D eigenvalue weighted by atomic mass is 9.45. The van der Waals surface area contributed by atoms with Crippen molar-refractivity contribution in [2.24, 2.45) is 32.7 Å². The third kappa shape index (κ3) is 5.71. The highest BCUT2D eigenvalue weighted by Crippen LogP contribution is 2.66. The second-order valence-electron chi connectivity index (χ2n) is 14.4. The van der Waals surface area contributed by atoms with Crippen molar-refractivity contribution >= 4 is 24.1 Å². The smallest absolute Gasteiger partial charge is 0.343 e. The normalized spacial score (nSPS) is 43.1. The van der Waals surface area contributed by atoms with Crippen LogP contribution < -0.4 is 0 Å². The average Bonchev–Trinajstić information content (AvgIpc) is 3.45. The SMILES string of the molecule is C[C@]12CC[C@@H](OC3OC(CO)C(O)C(O)C3O)[C@@](C)(CO)C1CCC1(CO1)C2/C=C/C1=CC(=C\c2ccc(C3=NCC=N3)cc2)/OC1=O. The Labute approximate surface area is 279 Å². The number of carbonyl (C=O) groups excluding carboxylic acids is 1. The molecule has 12 nitrogen and oxygen atoms in total. The average molecular weight is 665 g/mol. The number of aliphatic hydroxyl groups is 5. The van der Waals surface area contributed by atoms with Gasteiger partial charge in [-0.15, -0.1) is 0 Å². The molecule has 4 aliphatic heterocycles. The number of esters is 1. The Balaban J connectivity index is 1.10. The highest BCUT2D eigenvalue weighted by Gasteiger charge is 2.67. The van der Waals surface area contributed by atoms with Crippen LogP contribution in [-0.4, -0.2) is 112 Å². The van der Waals surface area contributed by atoms with E-state index >= 15 is 0 Å². The third-order valence-corrected chi connectivity index (χ3v) is 11.6. The molecule has 0 bridgehead atoms. The number of benzene rings is 1. The molecule has 0 aromatic heterocycles. The molecule has 1 aromatic rings. The van der Waals surface area contributed by atoms with E-state index < -0.39 is 54.8 Å². The van der Waals surface area contributed by atoms with E-state index in [4.69, 9.17) is 18.9 Å². The van der Waals surface area contributed by atoms with Crippen LogP contribution in [0.2, 0.25) is 0 Å². The number of allylic oxidation sites excluding steroid dienone is 1. The molecule has 0 amide bonds. The van der Waals surface area contributed by atoms with Crippen molar-refractivity contribution < 1.29 is 49.3 Å². The second-order valence-corrected chi connectivity index (χ2v) is 14.4. The number of amidine groups is 1. The van der Waals surface area contributed by atoms with Crippen molar-refractivity contribution in [2.75, 3.05) is 26.4 Å². The van der Waals surface area contributed by atoms with Gasteiger partial charge in [-0.2, -0.15) is 0 Å². The molecule has 11 atom stereocenters. The van der Waals surface area contributed by atoms with Crippen LogP contribution in [-0.2, 0) is 23.7 Å². The summed E-state index contributed by atoms with van der Waals surface area (Å²) in [6, 6.07) is 7.74. The molecule has 12 heteroatoms. The van der Waals surface area contributed by atoms with Gasteiger partial charge in [-0.05, 0) is 54.7 Å². The number of rotatable bonds is 8. The molecule has 6 aliphatic rings. The van der Waals surface area contributed by atoms with Crippen LogP contribution in [0.15, 0.2) is 63.8 Å². The van der Waals surface area contributed by atoms with E-state index in [-0.39, 0.29) is 29.5 Å². The molecule has 2 aliphatic carbocycles. The molecule has 0 radical (unpaired) electrons. The van der Waals surface area contributed by atoms with E-state index in [1.165, 1.54) is 0 Å². The minimum Gasteiger partial charge on any atom is -0.423 e. The van der Waals surface area contributed by atoms with Crippen LogP contribution in [0.5, 0.6) is 0 Å². The summed E-state index contributed by atoms with van der Waals surface area (Å²) in [7, 11) is 0. The Hall–Kier alpha value is -3.07. The van der Waals surface area contributed by atoms with E-state index in [9.17, 15) is 30.3 Å². The lowest BCUT2D eigenvalue weighted by Gasteiger charge is -2.61. The van der Waals surface area contributed by atoms with E-state index in [0.717, 1.165) is 24.0 Å². The maximum atomic E-state index is 12.9. The highest BCUT2D eigenvalue weighted by molar-refractivity contribution is 6.06. The first-order chi connectivity index (χ1) is 23.0. The zero-order chi connectivity index (χ0) is 33.8. The first kappa shape index (κ1) is 33.4. The lowest BCUT2D eigenvalue weighted by Crippen LogP contribution is -2.64. The summed E-state index contributed by atoms with van der Waals surface area (Å²) < 4.78 is 23.7. The highest BCUT2D eigenvalue weighted by atomic mass is 16.7. The number of nitrogens with zero attached hydrogens (tertiary/aromatic N) is 2. The largest absolute Gasteiger partial charge is 0.423 e. The fourth-order valence-corrected chi connectivity index (χ4v) is 8.84. The Morgan fingerprint density at radius 1 is 1.04 bits per heavy atom. The van der Waals surface area contributed by atoms with E-state index in [2.05, 4.69) is 23.0 Å². The Bertz CT molecular complexity index is 1560. The standard InChI is InChI=1S/C36H44N2O10/c1-34-11-10-27(48-33-30(43)29(42)28(41)24(17-39)47-33)35(2,18-40)25(34)9-12-36(19-45-36)26(34)8-7-22-16-23(46-32(22)44)15-20-3-5-21(6-4-20)31-37-13-14-38-31/h3-8,13,15-16,24-30,33,39-43H,9-12,14,17-19H2,1-2H3/b8-7+,23-15+/t24?,25?,26?,27-,28?,29?,30?,33?,34+,35+,36?/m1/s1. The molecule has 2 saturated carbocycles. The zero-order valence-electron chi connectivity index (χ0n) is 27.1. The Morgan fingerprint density at radius 3 is 2.48 bits per heavy atom. The van der Waals surface area contributed by atoms with Gasteiger partial charge in [0.05, 0.1) is 43.6 Å². The van der Waals surface area contributed by atoms with Crippen molar-refractivity contribution in [3.8, 4) is 0 Å². The van der Waals surface area contributed by atoms with Crippen LogP contribution in [0.1, 0.15) is 50.7 Å². The molecule has 5 N–H and O–H groups in total. The van der Waals surface area contributed by atoms with Crippen molar-refractivity contribution in [1.82, 2.24) is 0 Å². The van der Waals surface area contributed by atoms with Gasteiger partial charge in [-0.1, -0.05) is 50.3 Å². The van der Waals surface area contributed by atoms with Crippen molar-refractivity contribution in [2.45, 2.75) is 81.9 Å². The van der Waals surface area contributed by atoms with Gasteiger partial charge < -0.3 is 44.5 Å². The minimum absolute atomic E-state index is 0.0214. The van der Waals surface area contributed by atoms with Crippen LogP contribution in [0.3, 0.4) is 0 Å². The molecule has 1 aromatic carbocycles. The fraction of sp³-hybridized carbons (Fsp3) is 0.583. The lowest BCUT2D eigenvalue weighted by molar-refractivity contribution is -0.330. The number of hydrogen-bond donors (Lipinski definition) is 5.